The van der Waals surface area contributed by atoms with Gasteiger partial charge in [-0.2, -0.15) is 0 Å². The molecule has 7 heteroatoms. The fourth-order valence-electron chi connectivity index (χ4n) is 1.59. The minimum absolute atomic E-state index is 0.110. The van der Waals surface area contributed by atoms with Crippen molar-refractivity contribution in [3.8, 4) is 0 Å². The molecule has 0 spiro atoms. The molecule has 1 atom stereocenters. The highest BCUT2D eigenvalue weighted by atomic mass is 79.9. The maximum Gasteiger partial charge on any atom is 0.172 e. The fourth-order valence-corrected chi connectivity index (χ4v) is 3.59. The molecule has 1 unspecified atom stereocenters. The van der Waals surface area contributed by atoms with Gasteiger partial charge in [0.15, 0.2) is 20.2 Å². The Labute approximate surface area is 89.7 Å². The summed E-state index contributed by atoms with van der Waals surface area (Å²) in [6, 6.07) is 0. The summed E-state index contributed by atoms with van der Waals surface area (Å²) >= 11 is 3.11. The molecule has 2 N–H and O–H groups in total. The first-order valence-electron chi connectivity index (χ1n) is 4.10. The molecule has 0 amide bonds. The molecule has 0 aromatic carbocycles. The molecular weight excluding hydrogens is 272 g/mol. The number of rotatable bonds is 1. The minimum Gasteiger partial charge on any atom is -0.394 e. The van der Waals surface area contributed by atoms with Crippen LogP contribution >= 0.6 is 15.9 Å². The van der Waals surface area contributed by atoms with Crippen molar-refractivity contribution < 1.29 is 12.9 Å². The quantitative estimate of drug-likeness (QED) is 0.827. The van der Waals surface area contributed by atoms with Gasteiger partial charge in [0.25, 0.3) is 0 Å². The van der Waals surface area contributed by atoms with E-state index in [1.165, 1.54) is 0 Å². The first kappa shape index (κ1) is 9.97. The van der Waals surface area contributed by atoms with Gasteiger partial charge in [-0.1, -0.05) is 5.16 Å². The van der Waals surface area contributed by atoms with E-state index in [4.69, 9.17) is 10.3 Å². The van der Waals surface area contributed by atoms with Gasteiger partial charge < -0.3 is 10.3 Å². The normalized spacial score (nSPS) is 25.4. The molecule has 1 aliphatic rings. The summed E-state index contributed by atoms with van der Waals surface area (Å²) < 4.78 is 27.9. The zero-order valence-electron chi connectivity index (χ0n) is 7.23. The maximum atomic E-state index is 11.2. The van der Waals surface area contributed by atoms with E-state index >= 15 is 0 Å². The van der Waals surface area contributed by atoms with Crippen LogP contribution in [0.2, 0.25) is 0 Å². The lowest BCUT2D eigenvalue weighted by Gasteiger charge is -2.02. The number of anilines is 1. The van der Waals surface area contributed by atoms with Gasteiger partial charge in [0.05, 0.1) is 11.5 Å². The Hall–Kier alpha value is -0.560. The van der Waals surface area contributed by atoms with Gasteiger partial charge in [0.1, 0.15) is 5.69 Å². The first-order chi connectivity index (χ1) is 6.49. The molecule has 0 radical (unpaired) electrons. The zero-order valence-corrected chi connectivity index (χ0v) is 9.64. The van der Waals surface area contributed by atoms with Crippen LogP contribution in [0.5, 0.6) is 0 Å². The molecule has 5 nitrogen and oxygen atoms in total. The Morgan fingerprint density at radius 2 is 2.29 bits per heavy atom. The van der Waals surface area contributed by atoms with Gasteiger partial charge in [-0.3, -0.25) is 0 Å². The van der Waals surface area contributed by atoms with Crippen molar-refractivity contribution in [3.05, 3.63) is 10.4 Å². The van der Waals surface area contributed by atoms with Crippen molar-refractivity contribution in [1.29, 1.82) is 0 Å². The Morgan fingerprint density at radius 1 is 1.57 bits per heavy atom. The summed E-state index contributed by atoms with van der Waals surface area (Å²) in [7, 11) is -2.91. The largest absolute Gasteiger partial charge is 0.394 e. The number of nitrogens with two attached hydrogens (primary N) is 1. The Balaban J connectivity index is 2.30. The number of sulfone groups is 1. The van der Waals surface area contributed by atoms with Crippen molar-refractivity contribution in [3.63, 3.8) is 0 Å². The second kappa shape index (κ2) is 3.23. The van der Waals surface area contributed by atoms with Gasteiger partial charge in [0.2, 0.25) is 0 Å². The predicted octanol–water partition coefficient (Wildman–Crippen LogP) is 0.921. The summed E-state index contributed by atoms with van der Waals surface area (Å²) in [5.74, 6) is 0.658. The van der Waals surface area contributed by atoms with E-state index in [1.807, 2.05) is 0 Å². The van der Waals surface area contributed by atoms with Gasteiger partial charge in [-0.25, -0.2) is 8.42 Å². The monoisotopic (exact) mass is 280 g/mol. The number of aromatic nitrogens is 1. The maximum absolute atomic E-state index is 11.2. The molecule has 1 fully saturated rings. The standard InChI is InChI=1S/C7H9BrN2O3S/c8-7-5(9)6(13-10-7)4-1-2-14(11,12)3-4/h4H,1-3,9H2. The molecule has 2 heterocycles. The summed E-state index contributed by atoms with van der Waals surface area (Å²) in [4.78, 5) is 0. The smallest absolute Gasteiger partial charge is 0.172 e. The van der Waals surface area contributed by atoms with Crippen LogP contribution in [0.25, 0.3) is 0 Å². The summed E-state index contributed by atoms with van der Waals surface area (Å²) in [5.41, 5.74) is 6.08. The minimum atomic E-state index is -2.91. The van der Waals surface area contributed by atoms with Gasteiger partial charge in [-0.15, -0.1) is 0 Å². The SMILES string of the molecule is Nc1c(Br)noc1C1CCS(=O)(=O)C1. The summed E-state index contributed by atoms with van der Waals surface area (Å²) in [6.07, 6.45) is 0.564. The van der Waals surface area contributed by atoms with E-state index in [0.717, 1.165) is 0 Å². The van der Waals surface area contributed by atoms with Crippen LogP contribution in [0.1, 0.15) is 18.1 Å². The van der Waals surface area contributed by atoms with Gasteiger partial charge >= 0.3 is 0 Å². The molecule has 0 bridgehead atoms. The average Bonchev–Trinajstić information content (AvgIpc) is 2.59. The highest BCUT2D eigenvalue weighted by molar-refractivity contribution is 9.10. The highest BCUT2D eigenvalue weighted by Gasteiger charge is 2.33. The van der Waals surface area contributed by atoms with Crippen LogP contribution in [-0.4, -0.2) is 25.1 Å². The van der Waals surface area contributed by atoms with Crippen LogP contribution in [0.4, 0.5) is 5.69 Å². The molecule has 1 aliphatic heterocycles. The van der Waals surface area contributed by atoms with Crippen molar-refractivity contribution in [2.24, 2.45) is 0 Å². The van der Waals surface area contributed by atoms with Crippen molar-refractivity contribution in [2.75, 3.05) is 17.2 Å². The topological polar surface area (TPSA) is 86.2 Å². The summed E-state index contributed by atoms with van der Waals surface area (Å²) in [6.45, 7) is 0. The third kappa shape index (κ3) is 1.66. The third-order valence-corrected chi connectivity index (χ3v) is 4.65. The molecule has 1 aromatic rings. The van der Waals surface area contributed by atoms with E-state index in [-0.39, 0.29) is 17.4 Å². The van der Waals surface area contributed by atoms with E-state index in [2.05, 4.69) is 21.1 Å². The van der Waals surface area contributed by atoms with Crippen LogP contribution in [0.3, 0.4) is 0 Å². The zero-order chi connectivity index (χ0) is 10.3. The van der Waals surface area contributed by atoms with E-state index in [0.29, 0.717) is 22.5 Å². The Morgan fingerprint density at radius 3 is 2.71 bits per heavy atom. The lowest BCUT2D eigenvalue weighted by molar-refractivity contribution is 0.365. The fraction of sp³-hybridized carbons (Fsp3) is 0.571. The van der Waals surface area contributed by atoms with Crippen LogP contribution in [-0.2, 0) is 9.84 Å². The molecule has 14 heavy (non-hydrogen) atoms. The number of nitrogen functional groups attached to an aromatic ring is 1. The predicted molar refractivity (Wildman–Crippen MR) is 54.6 cm³/mol. The first-order valence-corrected chi connectivity index (χ1v) is 6.72. The van der Waals surface area contributed by atoms with Crippen molar-refractivity contribution in [2.45, 2.75) is 12.3 Å². The molecular formula is C7H9BrN2O3S. The second-order valence-electron chi connectivity index (χ2n) is 3.35. The molecule has 1 aromatic heterocycles. The van der Waals surface area contributed by atoms with Crippen molar-refractivity contribution >= 4 is 31.5 Å². The summed E-state index contributed by atoms with van der Waals surface area (Å²) in [5, 5.41) is 3.63. The molecule has 78 valence electrons. The van der Waals surface area contributed by atoms with E-state index < -0.39 is 9.84 Å². The number of hydrogen-bond acceptors (Lipinski definition) is 5. The number of hydrogen-bond donors (Lipinski definition) is 1. The van der Waals surface area contributed by atoms with Crippen LogP contribution in [0.15, 0.2) is 9.13 Å². The van der Waals surface area contributed by atoms with E-state index in [9.17, 15) is 8.42 Å². The average molecular weight is 281 g/mol. The molecule has 2 rings (SSSR count). The van der Waals surface area contributed by atoms with E-state index in [1.54, 1.807) is 0 Å². The second-order valence-corrected chi connectivity index (χ2v) is 6.33. The number of halogens is 1. The molecule has 0 saturated carbocycles. The van der Waals surface area contributed by atoms with Crippen LogP contribution < -0.4 is 5.73 Å². The lowest BCUT2D eigenvalue weighted by atomic mass is 10.1. The molecule has 1 saturated heterocycles. The van der Waals surface area contributed by atoms with Gasteiger partial charge in [-0.05, 0) is 22.4 Å². The molecule has 0 aliphatic carbocycles. The Kier molecular flexibility index (Phi) is 2.30. The third-order valence-electron chi connectivity index (χ3n) is 2.32. The lowest BCUT2D eigenvalue weighted by Crippen LogP contribution is -2.04. The Bertz CT molecular complexity index is 454. The van der Waals surface area contributed by atoms with Crippen molar-refractivity contribution in [1.82, 2.24) is 5.16 Å². The van der Waals surface area contributed by atoms with Gasteiger partial charge in [0, 0.05) is 5.92 Å². The highest BCUT2D eigenvalue weighted by Crippen LogP contribution is 2.35. The number of nitrogens with zero attached hydrogens (tertiary/aromatic N) is 1. The van der Waals surface area contributed by atoms with Crippen LogP contribution in [0, 0.1) is 0 Å².